The third kappa shape index (κ3) is 3.48. The monoisotopic (exact) mass is 193 g/mol. The number of rotatable bonds is 5. The molecule has 2 N–H and O–H groups in total. The molecule has 1 aromatic carbocycles. The molecule has 0 amide bonds. The van der Waals surface area contributed by atoms with E-state index in [1.54, 1.807) is 0 Å². The molecular formula is C12H19NO. The number of hydrogen-bond donors (Lipinski definition) is 2. The highest BCUT2D eigenvalue weighted by molar-refractivity contribution is 5.22. The predicted molar refractivity (Wildman–Crippen MR) is 59.4 cm³/mol. The highest BCUT2D eigenvalue weighted by Gasteiger charge is 2.06. The van der Waals surface area contributed by atoms with E-state index in [4.69, 9.17) is 5.11 Å². The third-order valence-electron chi connectivity index (χ3n) is 2.28. The quantitative estimate of drug-likeness (QED) is 0.743. The van der Waals surface area contributed by atoms with E-state index in [9.17, 15) is 0 Å². The fourth-order valence-electron chi connectivity index (χ4n) is 1.61. The highest BCUT2D eigenvalue weighted by Crippen LogP contribution is 2.06. The summed E-state index contributed by atoms with van der Waals surface area (Å²) in [6, 6.07) is 8.60. The Morgan fingerprint density at radius 1 is 1.43 bits per heavy atom. The van der Waals surface area contributed by atoms with E-state index in [-0.39, 0.29) is 12.6 Å². The predicted octanol–water partition coefficient (Wildman–Crippen LogP) is 1.51. The molecule has 14 heavy (non-hydrogen) atoms. The Kier molecular flexibility index (Phi) is 4.63. The molecule has 0 bridgehead atoms. The minimum atomic E-state index is 0.182. The fraction of sp³-hybridized carbons (Fsp3) is 0.500. The van der Waals surface area contributed by atoms with Crippen molar-refractivity contribution in [2.75, 3.05) is 13.2 Å². The first-order chi connectivity index (χ1) is 6.76. The van der Waals surface area contributed by atoms with Gasteiger partial charge < -0.3 is 10.4 Å². The molecule has 1 rings (SSSR count). The molecule has 0 fully saturated rings. The number of aliphatic hydroxyl groups excluding tert-OH is 1. The second-order valence-corrected chi connectivity index (χ2v) is 3.63. The van der Waals surface area contributed by atoms with Gasteiger partial charge in [-0.05, 0) is 25.5 Å². The van der Waals surface area contributed by atoms with Crippen LogP contribution in [0.5, 0.6) is 0 Å². The van der Waals surface area contributed by atoms with Crippen molar-refractivity contribution in [3.63, 3.8) is 0 Å². The average Bonchev–Trinajstić information content (AvgIpc) is 2.17. The standard InChI is InChI=1S/C12H19NO/c1-3-13-12(9-14)8-11-6-4-5-10(2)7-11/h4-7,12-14H,3,8-9H2,1-2H3. The van der Waals surface area contributed by atoms with Gasteiger partial charge in [0.1, 0.15) is 0 Å². The molecule has 0 aromatic heterocycles. The zero-order chi connectivity index (χ0) is 10.4. The summed E-state index contributed by atoms with van der Waals surface area (Å²) in [5.74, 6) is 0. The maximum absolute atomic E-state index is 9.13. The van der Waals surface area contributed by atoms with Crippen molar-refractivity contribution in [1.29, 1.82) is 0 Å². The molecule has 78 valence electrons. The smallest absolute Gasteiger partial charge is 0.0587 e. The Bertz CT molecular complexity index is 273. The van der Waals surface area contributed by atoms with Crippen LogP contribution in [0.1, 0.15) is 18.1 Å². The Labute approximate surface area is 86.0 Å². The number of likely N-dealkylation sites (N-methyl/N-ethyl adjacent to an activating group) is 1. The van der Waals surface area contributed by atoms with E-state index >= 15 is 0 Å². The second-order valence-electron chi connectivity index (χ2n) is 3.63. The van der Waals surface area contributed by atoms with Gasteiger partial charge in [0.2, 0.25) is 0 Å². The molecule has 0 aliphatic carbocycles. The van der Waals surface area contributed by atoms with Crippen molar-refractivity contribution in [1.82, 2.24) is 5.32 Å². The maximum atomic E-state index is 9.13. The number of hydrogen-bond acceptors (Lipinski definition) is 2. The lowest BCUT2D eigenvalue weighted by Gasteiger charge is -2.15. The zero-order valence-electron chi connectivity index (χ0n) is 8.96. The van der Waals surface area contributed by atoms with Crippen LogP contribution in [0.15, 0.2) is 24.3 Å². The minimum Gasteiger partial charge on any atom is -0.395 e. The van der Waals surface area contributed by atoms with E-state index in [1.807, 2.05) is 0 Å². The van der Waals surface area contributed by atoms with Gasteiger partial charge in [-0.2, -0.15) is 0 Å². The summed E-state index contributed by atoms with van der Waals surface area (Å²) in [5.41, 5.74) is 2.56. The van der Waals surface area contributed by atoms with Gasteiger partial charge in [0.25, 0.3) is 0 Å². The van der Waals surface area contributed by atoms with Crippen LogP contribution in [-0.4, -0.2) is 24.3 Å². The third-order valence-corrected chi connectivity index (χ3v) is 2.28. The first-order valence-electron chi connectivity index (χ1n) is 5.16. The lowest BCUT2D eigenvalue weighted by Crippen LogP contribution is -2.34. The van der Waals surface area contributed by atoms with Crippen molar-refractivity contribution >= 4 is 0 Å². The van der Waals surface area contributed by atoms with Crippen molar-refractivity contribution in [2.45, 2.75) is 26.3 Å². The topological polar surface area (TPSA) is 32.3 Å². The lowest BCUT2D eigenvalue weighted by atomic mass is 10.0. The largest absolute Gasteiger partial charge is 0.395 e. The van der Waals surface area contributed by atoms with Crippen LogP contribution in [0.3, 0.4) is 0 Å². The van der Waals surface area contributed by atoms with Crippen LogP contribution in [-0.2, 0) is 6.42 Å². The number of nitrogens with one attached hydrogen (secondary N) is 1. The number of benzene rings is 1. The molecule has 0 saturated carbocycles. The van der Waals surface area contributed by atoms with E-state index in [0.29, 0.717) is 0 Å². The van der Waals surface area contributed by atoms with E-state index in [0.717, 1.165) is 13.0 Å². The summed E-state index contributed by atoms with van der Waals surface area (Å²) in [6.07, 6.45) is 0.895. The van der Waals surface area contributed by atoms with Crippen molar-refractivity contribution in [3.8, 4) is 0 Å². The Morgan fingerprint density at radius 3 is 2.79 bits per heavy atom. The molecule has 2 heteroatoms. The molecule has 0 aliphatic heterocycles. The molecule has 1 atom stereocenters. The Balaban J connectivity index is 2.57. The molecule has 0 aliphatic rings. The SMILES string of the molecule is CCNC(CO)Cc1cccc(C)c1. The summed E-state index contributed by atoms with van der Waals surface area (Å²) in [6.45, 7) is 5.24. The second kappa shape index (κ2) is 5.78. The number of aryl methyl sites for hydroxylation is 1. The minimum absolute atomic E-state index is 0.182. The van der Waals surface area contributed by atoms with Crippen LogP contribution in [0, 0.1) is 6.92 Å². The van der Waals surface area contributed by atoms with Crippen LogP contribution in [0.25, 0.3) is 0 Å². The zero-order valence-corrected chi connectivity index (χ0v) is 8.96. The summed E-state index contributed by atoms with van der Waals surface area (Å²) < 4.78 is 0. The van der Waals surface area contributed by atoms with Gasteiger partial charge in [0.15, 0.2) is 0 Å². The van der Waals surface area contributed by atoms with Gasteiger partial charge in [-0.15, -0.1) is 0 Å². The van der Waals surface area contributed by atoms with Crippen LogP contribution in [0.4, 0.5) is 0 Å². The lowest BCUT2D eigenvalue weighted by molar-refractivity contribution is 0.243. The van der Waals surface area contributed by atoms with Gasteiger partial charge in [-0.25, -0.2) is 0 Å². The highest BCUT2D eigenvalue weighted by atomic mass is 16.3. The van der Waals surface area contributed by atoms with Gasteiger partial charge in [-0.1, -0.05) is 36.8 Å². The van der Waals surface area contributed by atoms with Crippen LogP contribution in [0.2, 0.25) is 0 Å². The van der Waals surface area contributed by atoms with Gasteiger partial charge >= 0.3 is 0 Å². The van der Waals surface area contributed by atoms with E-state index < -0.39 is 0 Å². The fourth-order valence-corrected chi connectivity index (χ4v) is 1.61. The molecule has 2 nitrogen and oxygen atoms in total. The normalized spacial score (nSPS) is 12.8. The summed E-state index contributed by atoms with van der Waals surface area (Å²) in [7, 11) is 0. The summed E-state index contributed by atoms with van der Waals surface area (Å²) in [5, 5.41) is 12.4. The van der Waals surface area contributed by atoms with Gasteiger partial charge in [0, 0.05) is 6.04 Å². The number of aliphatic hydroxyl groups is 1. The molecule has 0 heterocycles. The Hall–Kier alpha value is -0.860. The molecule has 1 unspecified atom stereocenters. The molecule has 0 spiro atoms. The molecule has 0 saturated heterocycles. The molecule has 0 radical (unpaired) electrons. The van der Waals surface area contributed by atoms with E-state index in [1.165, 1.54) is 11.1 Å². The van der Waals surface area contributed by atoms with Crippen LogP contribution >= 0.6 is 0 Å². The molecule has 1 aromatic rings. The Morgan fingerprint density at radius 2 is 2.21 bits per heavy atom. The molecular weight excluding hydrogens is 174 g/mol. The van der Waals surface area contributed by atoms with Gasteiger partial charge in [0.05, 0.1) is 6.61 Å². The van der Waals surface area contributed by atoms with E-state index in [2.05, 4.69) is 43.4 Å². The first kappa shape index (κ1) is 11.2. The van der Waals surface area contributed by atoms with Crippen molar-refractivity contribution in [3.05, 3.63) is 35.4 Å². The summed E-state index contributed by atoms with van der Waals surface area (Å²) in [4.78, 5) is 0. The van der Waals surface area contributed by atoms with Crippen LogP contribution < -0.4 is 5.32 Å². The first-order valence-corrected chi connectivity index (χ1v) is 5.16. The van der Waals surface area contributed by atoms with Gasteiger partial charge in [-0.3, -0.25) is 0 Å². The van der Waals surface area contributed by atoms with Crippen molar-refractivity contribution in [2.24, 2.45) is 0 Å². The average molecular weight is 193 g/mol. The maximum Gasteiger partial charge on any atom is 0.0587 e. The summed E-state index contributed by atoms with van der Waals surface area (Å²) >= 11 is 0. The van der Waals surface area contributed by atoms with Crippen molar-refractivity contribution < 1.29 is 5.11 Å².